The Bertz CT molecular complexity index is 321. The van der Waals surface area contributed by atoms with Crippen molar-refractivity contribution in [2.24, 2.45) is 5.73 Å². The Morgan fingerprint density at radius 1 is 1.54 bits per heavy atom. The molecule has 0 unspecified atom stereocenters. The number of nitrogens with two attached hydrogens (primary N) is 1. The highest BCUT2D eigenvalue weighted by Crippen LogP contribution is 2.14. The molecule has 2 N–H and O–H groups in total. The fourth-order valence-electron chi connectivity index (χ4n) is 1.27. The summed E-state index contributed by atoms with van der Waals surface area (Å²) in [4.78, 5) is 11.3. The molecule has 0 saturated carbocycles. The van der Waals surface area contributed by atoms with E-state index in [0.29, 0.717) is 12.1 Å². The van der Waals surface area contributed by atoms with Gasteiger partial charge < -0.3 is 10.5 Å². The predicted molar refractivity (Wildman–Crippen MR) is 50.4 cm³/mol. The van der Waals surface area contributed by atoms with Crippen LogP contribution in [0.15, 0.2) is 18.2 Å². The summed E-state index contributed by atoms with van der Waals surface area (Å²) in [5.74, 6) is -0.329. The highest BCUT2D eigenvalue weighted by Gasteiger charge is 2.11. The normalized spacial score (nSPS) is 9.77. The number of carbonyl (C=O) groups excluding carboxylic acids is 1. The summed E-state index contributed by atoms with van der Waals surface area (Å²) >= 11 is 0. The minimum absolute atomic E-state index is 0.329. The third kappa shape index (κ3) is 1.87. The van der Waals surface area contributed by atoms with E-state index in [1.54, 1.807) is 6.07 Å². The number of esters is 1. The maximum atomic E-state index is 11.3. The van der Waals surface area contributed by atoms with Crippen molar-refractivity contribution in [1.29, 1.82) is 0 Å². The first-order valence-electron chi connectivity index (χ1n) is 4.07. The van der Waals surface area contributed by atoms with Crippen LogP contribution < -0.4 is 5.73 Å². The van der Waals surface area contributed by atoms with Crippen molar-refractivity contribution < 1.29 is 9.53 Å². The van der Waals surface area contributed by atoms with Crippen LogP contribution in [0.1, 0.15) is 21.5 Å². The Morgan fingerprint density at radius 3 is 2.77 bits per heavy atom. The number of carbonyl (C=O) groups is 1. The third-order valence-electron chi connectivity index (χ3n) is 2.02. The largest absolute Gasteiger partial charge is 0.465 e. The van der Waals surface area contributed by atoms with E-state index in [9.17, 15) is 4.79 Å². The standard InChI is InChI=1S/C10H13NO2/c1-7-4-3-5-8(9(7)6-11)10(12)13-2/h3-5H,6,11H2,1-2H3. The summed E-state index contributed by atoms with van der Waals surface area (Å²) in [6.07, 6.45) is 0. The van der Waals surface area contributed by atoms with Gasteiger partial charge in [-0.1, -0.05) is 12.1 Å². The molecule has 0 fully saturated rings. The Kier molecular flexibility index (Phi) is 3.03. The summed E-state index contributed by atoms with van der Waals surface area (Å²) in [5, 5.41) is 0. The fraction of sp³-hybridized carbons (Fsp3) is 0.300. The average Bonchev–Trinajstić information content (AvgIpc) is 2.16. The lowest BCUT2D eigenvalue weighted by atomic mass is 10.0. The zero-order valence-corrected chi connectivity index (χ0v) is 7.83. The molecule has 3 nitrogen and oxygen atoms in total. The molecule has 0 spiro atoms. The van der Waals surface area contributed by atoms with Gasteiger partial charge in [0.2, 0.25) is 0 Å². The van der Waals surface area contributed by atoms with E-state index in [2.05, 4.69) is 4.74 Å². The van der Waals surface area contributed by atoms with Gasteiger partial charge in [-0.05, 0) is 24.1 Å². The minimum Gasteiger partial charge on any atom is -0.465 e. The molecule has 0 aliphatic rings. The van der Waals surface area contributed by atoms with Crippen molar-refractivity contribution >= 4 is 5.97 Å². The molecule has 70 valence electrons. The Labute approximate surface area is 77.5 Å². The van der Waals surface area contributed by atoms with E-state index in [-0.39, 0.29) is 5.97 Å². The van der Waals surface area contributed by atoms with Gasteiger partial charge in [-0.2, -0.15) is 0 Å². The Hall–Kier alpha value is -1.35. The quantitative estimate of drug-likeness (QED) is 0.695. The fourth-order valence-corrected chi connectivity index (χ4v) is 1.27. The molecule has 0 atom stereocenters. The Morgan fingerprint density at radius 2 is 2.23 bits per heavy atom. The topological polar surface area (TPSA) is 52.3 Å². The molecule has 3 heteroatoms. The van der Waals surface area contributed by atoms with Crippen LogP contribution in [0, 0.1) is 6.92 Å². The van der Waals surface area contributed by atoms with Crippen molar-refractivity contribution in [1.82, 2.24) is 0 Å². The monoisotopic (exact) mass is 179 g/mol. The van der Waals surface area contributed by atoms with E-state index >= 15 is 0 Å². The van der Waals surface area contributed by atoms with E-state index in [4.69, 9.17) is 5.73 Å². The van der Waals surface area contributed by atoms with Gasteiger partial charge in [-0.25, -0.2) is 4.79 Å². The third-order valence-corrected chi connectivity index (χ3v) is 2.02. The van der Waals surface area contributed by atoms with Crippen LogP contribution in [0.2, 0.25) is 0 Å². The van der Waals surface area contributed by atoms with Gasteiger partial charge in [-0.3, -0.25) is 0 Å². The zero-order valence-electron chi connectivity index (χ0n) is 7.83. The second-order valence-corrected chi connectivity index (χ2v) is 2.80. The molecule has 0 saturated heterocycles. The molecule has 0 amide bonds. The molecule has 1 aromatic rings. The van der Waals surface area contributed by atoms with E-state index in [1.165, 1.54) is 7.11 Å². The number of methoxy groups -OCH3 is 1. The number of hydrogen-bond acceptors (Lipinski definition) is 3. The summed E-state index contributed by atoms with van der Waals surface area (Å²) in [5.41, 5.74) is 7.97. The maximum absolute atomic E-state index is 11.3. The lowest BCUT2D eigenvalue weighted by Crippen LogP contribution is -2.10. The molecule has 0 aliphatic carbocycles. The number of ether oxygens (including phenoxy) is 1. The molecule has 0 aromatic heterocycles. The van der Waals surface area contributed by atoms with Crippen molar-refractivity contribution in [2.75, 3.05) is 7.11 Å². The number of hydrogen-bond donors (Lipinski definition) is 1. The second-order valence-electron chi connectivity index (χ2n) is 2.80. The molecule has 1 rings (SSSR count). The second kappa shape index (κ2) is 4.05. The predicted octanol–water partition coefficient (Wildman–Crippen LogP) is 1.24. The molecular formula is C10H13NO2. The first kappa shape index (κ1) is 9.74. The van der Waals surface area contributed by atoms with Crippen LogP contribution in [0.5, 0.6) is 0 Å². The van der Waals surface area contributed by atoms with Gasteiger partial charge in [-0.15, -0.1) is 0 Å². The van der Waals surface area contributed by atoms with E-state index < -0.39 is 0 Å². The van der Waals surface area contributed by atoms with Crippen molar-refractivity contribution in [3.8, 4) is 0 Å². The molecule has 0 heterocycles. The summed E-state index contributed by atoms with van der Waals surface area (Å²) in [6, 6.07) is 5.47. The first-order valence-corrected chi connectivity index (χ1v) is 4.07. The van der Waals surface area contributed by atoms with Gasteiger partial charge in [0.25, 0.3) is 0 Å². The molecule has 0 radical (unpaired) electrons. The van der Waals surface area contributed by atoms with Gasteiger partial charge in [0.1, 0.15) is 0 Å². The lowest BCUT2D eigenvalue weighted by Gasteiger charge is -2.08. The van der Waals surface area contributed by atoms with Crippen molar-refractivity contribution in [2.45, 2.75) is 13.5 Å². The zero-order chi connectivity index (χ0) is 9.84. The van der Waals surface area contributed by atoms with Crippen LogP contribution in [-0.2, 0) is 11.3 Å². The highest BCUT2D eigenvalue weighted by molar-refractivity contribution is 5.91. The number of rotatable bonds is 2. The molecule has 0 bridgehead atoms. The molecule has 0 aliphatic heterocycles. The Balaban J connectivity index is 3.20. The first-order chi connectivity index (χ1) is 6.20. The molecule has 13 heavy (non-hydrogen) atoms. The highest BCUT2D eigenvalue weighted by atomic mass is 16.5. The van der Waals surface area contributed by atoms with Gasteiger partial charge >= 0.3 is 5.97 Å². The minimum atomic E-state index is -0.329. The van der Waals surface area contributed by atoms with E-state index in [0.717, 1.165) is 11.1 Å². The van der Waals surface area contributed by atoms with Crippen LogP contribution in [0.25, 0.3) is 0 Å². The van der Waals surface area contributed by atoms with Crippen molar-refractivity contribution in [3.63, 3.8) is 0 Å². The molecule has 1 aromatic carbocycles. The van der Waals surface area contributed by atoms with Crippen molar-refractivity contribution in [3.05, 3.63) is 34.9 Å². The molecular weight excluding hydrogens is 166 g/mol. The van der Waals surface area contributed by atoms with Crippen LogP contribution in [0.3, 0.4) is 0 Å². The summed E-state index contributed by atoms with van der Waals surface area (Å²) in [6.45, 7) is 2.28. The number of aryl methyl sites for hydroxylation is 1. The maximum Gasteiger partial charge on any atom is 0.338 e. The van der Waals surface area contributed by atoms with Gasteiger partial charge in [0, 0.05) is 6.54 Å². The van der Waals surface area contributed by atoms with Gasteiger partial charge in [0.05, 0.1) is 12.7 Å². The van der Waals surface area contributed by atoms with Crippen LogP contribution >= 0.6 is 0 Å². The van der Waals surface area contributed by atoms with Crippen LogP contribution in [0.4, 0.5) is 0 Å². The van der Waals surface area contributed by atoms with Gasteiger partial charge in [0.15, 0.2) is 0 Å². The smallest absolute Gasteiger partial charge is 0.338 e. The van der Waals surface area contributed by atoms with Crippen LogP contribution in [-0.4, -0.2) is 13.1 Å². The average molecular weight is 179 g/mol. The van der Waals surface area contributed by atoms with E-state index in [1.807, 2.05) is 19.1 Å². The summed E-state index contributed by atoms with van der Waals surface area (Å²) in [7, 11) is 1.37. The summed E-state index contributed by atoms with van der Waals surface area (Å²) < 4.78 is 4.64. The number of benzene rings is 1. The lowest BCUT2D eigenvalue weighted by molar-refractivity contribution is 0.0599. The SMILES string of the molecule is COC(=O)c1cccc(C)c1CN.